The van der Waals surface area contributed by atoms with Crippen molar-refractivity contribution in [1.29, 1.82) is 0 Å². The number of hydrogen-bond acceptors (Lipinski definition) is 5. The number of carbonyl (C=O) groups is 2. The third-order valence-corrected chi connectivity index (χ3v) is 4.70. The molecular weight excluding hydrogens is 393 g/mol. The SMILES string of the molecule is CCCNC(=O)CNC(=O)C1CCN(c2ccc(C(F)(F)F)cc2[N+](=O)[O-])CC1. The summed E-state index contributed by atoms with van der Waals surface area (Å²) in [4.78, 5) is 35.8. The first-order valence-electron chi connectivity index (χ1n) is 9.28. The van der Waals surface area contributed by atoms with Crippen LogP contribution in [0.15, 0.2) is 18.2 Å². The maximum Gasteiger partial charge on any atom is 0.416 e. The zero-order valence-corrected chi connectivity index (χ0v) is 15.9. The van der Waals surface area contributed by atoms with Crippen molar-refractivity contribution in [1.82, 2.24) is 10.6 Å². The van der Waals surface area contributed by atoms with Crippen molar-refractivity contribution in [2.24, 2.45) is 5.92 Å². The first-order chi connectivity index (χ1) is 13.6. The number of piperidine rings is 1. The fourth-order valence-electron chi connectivity index (χ4n) is 3.13. The van der Waals surface area contributed by atoms with Crippen molar-refractivity contribution in [3.8, 4) is 0 Å². The van der Waals surface area contributed by atoms with Crippen LogP contribution >= 0.6 is 0 Å². The van der Waals surface area contributed by atoms with Crippen molar-refractivity contribution in [3.63, 3.8) is 0 Å². The van der Waals surface area contributed by atoms with E-state index in [1.807, 2.05) is 6.92 Å². The monoisotopic (exact) mass is 416 g/mol. The highest BCUT2D eigenvalue weighted by Crippen LogP contribution is 2.37. The smallest absolute Gasteiger partial charge is 0.366 e. The van der Waals surface area contributed by atoms with E-state index in [9.17, 15) is 32.9 Å². The number of benzene rings is 1. The van der Waals surface area contributed by atoms with E-state index >= 15 is 0 Å². The molecule has 1 fully saturated rings. The number of halogens is 3. The summed E-state index contributed by atoms with van der Waals surface area (Å²) in [5.74, 6) is -0.921. The summed E-state index contributed by atoms with van der Waals surface area (Å²) in [5, 5.41) is 16.5. The van der Waals surface area contributed by atoms with Crippen LogP contribution in [0.25, 0.3) is 0 Å². The molecule has 1 heterocycles. The molecule has 8 nitrogen and oxygen atoms in total. The fourth-order valence-corrected chi connectivity index (χ4v) is 3.13. The van der Waals surface area contributed by atoms with Crippen LogP contribution in [0.2, 0.25) is 0 Å². The van der Waals surface area contributed by atoms with Gasteiger partial charge in [-0.25, -0.2) is 0 Å². The van der Waals surface area contributed by atoms with Crippen molar-refractivity contribution in [2.45, 2.75) is 32.4 Å². The Morgan fingerprint density at radius 3 is 2.45 bits per heavy atom. The van der Waals surface area contributed by atoms with E-state index in [0.717, 1.165) is 18.6 Å². The third-order valence-electron chi connectivity index (χ3n) is 4.70. The number of nitro groups is 1. The van der Waals surface area contributed by atoms with Gasteiger partial charge in [-0.1, -0.05) is 6.92 Å². The van der Waals surface area contributed by atoms with Crippen LogP contribution in [0, 0.1) is 16.0 Å². The zero-order chi connectivity index (χ0) is 21.6. The molecule has 0 saturated carbocycles. The van der Waals surface area contributed by atoms with Gasteiger partial charge in [0, 0.05) is 31.6 Å². The summed E-state index contributed by atoms with van der Waals surface area (Å²) in [6, 6.07) is 2.44. The Hall–Kier alpha value is -2.85. The molecule has 0 bridgehead atoms. The Balaban J connectivity index is 1.97. The first kappa shape index (κ1) is 22.4. The lowest BCUT2D eigenvalue weighted by Crippen LogP contribution is -2.43. The Morgan fingerprint density at radius 1 is 1.24 bits per heavy atom. The second-order valence-electron chi connectivity index (χ2n) is 6.79. The molecule has 0 radical (unpaired) electrons. The van der Waals surface area contributed by atoms with Gasteiger partial charge in [0.2, 0.25) is 11.8 Å². The minimum Gasteiger partial charge on any atom is -0.366 e. The maximum atomic E-state index is 12.8. The van der Waals surface area contributed by atoms with Gasteiger partial charge >= 0.3 is 6.18 Å². The molecule has 2 amide bonds. The third kappa shape index (κ3) is 6.06. The Morgan fingerprint density at radius 2 is 1.90 bits per heavy atom. The number of nitrogens with one attached hydrogen (secondary N) is 2. The summed E-state index contributed by atoms with van der Waals surface area (Å²) < 4.78 is 38.5. The number of anilines is 1. The van der Waals surface area contributed by atoms with E-state index in [1.165, 1.54) is 0 Å². The van der Waals surface area contributed by atoms with Gasteiger partial charge in [-0.3, -0.25) is 19.7 Å². The fraction of sp³-hybridized carbons (Fsp3) is 0.556. The molecular formula is C18H23F3N4O4. The molecule has 0 atom stereocenters. The lowest BCUT2D eigenvalue weighted by Gasteiger charge is -2.32. The molecule has 0 aromatic heterocycles. The van der Waals surface area contributed by atoms with Crippen LogP contribution in [0.4, 0.5) is 24.5 Å². The summed E-state index contributed by atoms with van der Waals surface area (Å²) >= 11 is 0. The van der Waals surface area contributed by atoms with Gasteiger partial charge in [-0.2, -0.15) is 13.2 Å². The van der Waals surface area contributed by atoms with Crippen molar-refractivity contribution in [3.05, 3.63) is 33.9 Å². The Bertz CT molecular complexity index is 762. The van der Waals surface area contributed by atoms with Crippen LogP contribution in [0.3, 0.4) is 0 Å². The molecule has 0 spiro atoms. The molecule has 0 unspecified atom stereocenters. The molecule has 11 heteroatoms. The summed E-state index contributed by atoms with van der Waals surface area (Å²) in [7, 11) is 0. The molecule has 1 aliphatic rings. The lowest BCUT2D eigenvalue weighted by atomic mass is 9.95. The molecule has 2 rings (SSSR count). The standard InChI is InChI=1S/C18H23F3N4O4/c1-2-7-22-16(26)11-23-17(27)12-5-8-24(9-6-12)14-4-3-13(18(19,20)21)10-15(14)25(28)29/h3-4,10,12H,2,5-9,11H2,1H3,(H,22,26)(H,23,27). The van der Waals surface area contributed by atoms with Gasteiger partial charge in [0.1, 0.15) is 5.69 Å². The number of nitrogens with zero attached hydrogens (tertiary/aromatic N) is 2. The highest BCUT2D eigenvalue weighted by Gasteiger charge is 2.34. The topological polar surface area (TPSA) is 105 Å². The molecule has 160 valence electrons. The predicted octanol–water partition coefficient (Wildman–Crippen LogP) is 2.47. The van der Waals surface area contributed by atoms with E-state index < -0.39 is 22.4 Å². The quantitative estimate of drug-likeness (QED) is 0.525. The van der Waals surface area contributed by atoms with Gasteiger partial charge in [0.25, 0.3) is 5.69 Å². The number of nitro benzene ring substituents is 1. The summed E-state index contributed by atoms with van der Waals surface area (Å²) in [6.45, 7) is 2.88. The second-order valence-corrected chi connectivity index (χ2v) is 6.79. The number of amides is 2. The molecule has 1 aromatic rings. The van der Waals surface area contributed by atoms with Crippen LogP contribution in [-0.4, -0.2) is 42.9 Å². The number of carbonyl (C=O) groups excluding carboxylic acids is 2. The van der Waals surface area contributed by atoms with Gasteiger partial charge in [-0.15, -0.1) is 0 Å². The average molecular weight is 416 g/mol. The highest BCUT2D eigenvalue weighted by molar-refractivity contribution is 5.86. The Kier molecular flexibility index (Phi) is 7.40. The van der Waals surface area contributed by atoms with Gasteiger partial charge in [0.05, 0.1) is 17.0 Å². The number of rotatable bonds is 7. The van der Waals surface area contributed by atoms with Gasteiger partial charge in [0.15, 0.2) is 0 Å². The molecule has 1 aliphatic heterocycles. The van der Waals surface area contributed by atoms with Crippen LogP contribution in [0.1, 0.15) is 31.7 Å². The second kappa shape index (κ2) is 9.57. The van der Waals surface area contributed by atoms with Crippen molar-refractivity contribution >= 4 is 23.2 Å². The number of hydrogen-bond donors (Lipinski definition) is 2. The van der Waals surface area contributed by atoms with E-state index in [0.29, 0.717) is 25.5 Å². The largest absolute Gasteiger partial charge is 0.416 e. The van der Waals surface area contributed by atoms with Crippen LogP contribution in [0.5, 0.6) is 0 Å². The van der Waals surface area contributed by atoms with E-state index in [1.54, 1.807) is 4.90 Å². The molecule has 29 heavy (non-hydrogen) atoms. The molecule has 1 saturated heterocycles. The average Bonchev–Trinajstić information content (AvgIpc) is 2.69. The van der Waals surface area contributed by atoms with Crippen molar-refractivity contribution < 1.29 is 27.7 Å². The highest BCUT2D eigenvalue weighted by atomic mass is 19.4. The summed E-state index contributed by atoms with van der Waals surface area (Å²) in [5.41, 5.74) is -1.60. The number of alkyl halides is 3. The van der Waals surface area contributed by atoms with Crippen LogP contribution < -0.4 is 15.5 Å². The van der Waals surface area contributed by atoms with Gasteiger partial charge < -0.3 is 15.5 Å². The minimum absolute atomic E-state index is 0.0980. The Labute approximate surface area is 165 Å². The molecule has 1 aromatic carbocycles. The van der Waals surface area contributed by atoms with Crippen LogP contribution in [-0.2, 0) is 15.8 Å². The predicted molar refractivity (Wildman–Crippen MR) is 99.3 cm³/mol. The first-order valence-corrected chi connectivity index (χ1v) is 9.28. The normalized spacial score (nSPS) is 15.1. The zero-order valence-electron chi connectivity index (χ0n) is 15.9. The maximum absolute atomic E-state index is 12.8. The van der Waals surface area contributed by atoms with E-state index in [-0.39, 0.29) is 43.1 Å². The van der Waals surface area contributed by atoms with E-state index in [4.69, 9.17) is 0 Å². The molecule has 2 N–H and O–H groups in total. The minimum atomic E-state index is -4.67. The molecule has 0 aliphatic carbocycles. The van der Waals surface area contributed by atoms with E-state index in [2.05, 4.69) is 10.6 Å². The summed E-state index contributed by atoms with van der Waals surface area (Å²) in [6.07, 6.45) is -3.13. The van der Waals surface area contributed by atoms with Gasteiger partial charge in [-0.05, 0) is 31.4 Å². The van der Waals surface area contributed by atoms with Crippen molar-refractivity contribution in [2.75, 3.05) is 31.1 Å². The lowest BCUT2D eigenvalue weighted by molar-refractivity contribution is -0.384.